The first-order valence-electron chi connectivity index (χ1n) is 9.45. The Morgan fingerprint density at radius 3 is 2.31 bits per heavy atom. The van der Waals surface area contributed by atoms with Crippen LogP contribution in [0.5, 0.6) is 17.2 Å². The number of aryl methyl sites for hydroxylation is 1. The molecule has 0 saturated heterocycles. The average Bonchev–Trinajstić information content (AvgIpc) is 2.69. The SMILES string of the molecule is CCOc1ccc(CC(=O)OCC(=O)Nc2cc(C)ccc2OC)cc1OCC. The fourth-order valence-electron chi connectivity index (χ4n) is 2.68. The lowest BCUT2D eigenvalue weighted by molar-refractivity contribution is -0.146. The number of hydrogen-bond donors (Lipinski definition) is 1. The van der Waals surface area contributed by atoms with Crippen LogP contribution in [0, 0.1) is 6.92 Å². The van der Waals surface area contributed by atoms with Crippen LogP contribution in [0.2, 0.25) is 0 Å². The number of carbonyl (C=O) groups excluding carboxylic acids is 2. The first-order valence-corrected chi connectivity index (χ1v) is 9.45. The van der Waals surface area contributed by atoms with E-state index in [9.17, 15) is 9.59 Å². The molecule has 0 heterocycles. The molecule has 156 valence electrons. The van der Waals surface area contributed by atoms with E-state index < -0.39 is 11.9 Å². The summed E-state index contributed by atoms with van der Waals surface area (Å²) in [5, 5.41) is 2.69. The summed E-state index contributed by atoms with van der Waals surface area (Å²) in [5.41, 5.74) is 2.21. The Balaban J connectivity index is 1.92. The third-order valence-corrected chi connectivity index (χ3v) is 3.95. The summed E-state index contributed by atoms with van der Waals surface area (Å²) < 4.78 is 21.4. The van der Waals surface area contributed by atoms with Crippen LogP contribution in [0.25, 0.3) is 0 Å². The van der Waals surface area contributed by atoms with E-state index in [1.807, 2.05) is 26.8 Å². The van der Waals surface area contributed by atoms with Crippen molar-refractivity contribution in [3.8, 4) is 17.2 Å². The summed E-state index contributed by atoms with van der Waals surface area (Å²) in [4.78, 5) is 24.3. The van der Waals surface area contributed by atoms with Gasteiger partial charge in [0.25, 0.3) is 5.91 Å². The van der Waals surface area contributed by atoms with Crippen molar-refractivity contribution in [2.75, 3.05) is 32.2 Å². The minimum atomic E-state index is -0.511. The van der Waals surface area contributed by atoms with Crippen LogP contribution in [0.3, 0.4) is 0 Å². The fraction of sp³-hybridized carbons (Fsp3) is 0.364. The van der Waals surface area contributed by atoms with Crippen molar-refractivity contribution < 1.29 is 28.5 Å². The second-order valence-electron chi connectivity index (χ2n) is 6.24. The van der Waals surface area contributed by atoms with Gasteiger partial charge < -0.3 is 24.3 Å². The van der Waals surface area contributed by atoms with E-state index in [2.05, 4.69) is 5.32 Å². The van der Waals surface area contributed by atoms with Crippen LogP contribution in [0.4, 0.5) is 5.69 Å². The van der Waals surface area contributed by atoms with Gasteiger partial charge in [-0.1, -0.05) is 12.1 Å². The number of hydrogen-bond acceptors (Lipinski definition) is 6. The first-order chi connectivity index (χ1) is 14.0. The van der Waals surface area contributed by atoms with Crippen LogP contribution >= 0.6 is 0 Å². The Kier molecular flexibility index (Phi) is 8.33. The van der Waals surface area contributed by atoms with Crippen LogP contribution in [-0.2, 0) is 20.7 Å². The van der Waals surface area contributed by atoms with Crippen LogP contribution in [0.1, 0.15) is 25.0 Å². The second kappa shape index (κ2) is 10.9. The molecule has 2 rings (SSSR count). The maximum Gasteiger partial charge on any atom is 0.310 e. The molecule has 1 amide bonds. The molecule has 0 aromatic heterocycles. The molecule has 2 aromatic carbocycles. The zero-order valence-electron chi connectivity index (χ0n) is 17.2. The summed E-state index contributed by atoms with van der Waals surface area (Å²) in [6.07, 6.45) is 0.0214. The normalized spacial score (nSPS) is 10.2. The Morgan fingerprint density at radius 1 is 0.931 bits per heavy atom. The van der Waals surface area contributed by atoms with Crippen molar-refractivity contribution in [1.29, 1.82) is 0 Å². The molecule has 0 aliphatic rings. The highest BCUT2D eigenvalue weighted by molar-refractivity contribution is 5.94. The number of amides is 1. The van der Waals surface area contributed by atoms with Crippen molar-refractivity contribution in [3.63, 3.8) is 0 Å². The summed E-state index contributed by atoms with van der Waals surface area (Å²) in [6.45, 7) is 6.28. The number of nitrogens with one attached hydrogen (secondary N) is 1. The molecule has 29 heavy (non-hydrogen) atoms. The minimum Gasteiger partial charge on any atom is -0.495 e. The smallest absolute Gasteiger partial charge is 0.310 e. The summed E-state index contributed by atoms with van der Waals surface area (Å²) >= 11 is 0. The molecule has 0 saturated carbocycles. The molecule has 0 unspecified atom stereocenters. The number of anilines is 1. The zero-order chi connectivity index (χ0) is 21.2. The number of ether oxygens (including phenoxy) is 4. The molecule has 0 aliphatic heterocycles. The molecule has 0 bridgehead atoms. The number of benzene rings is 2. The lowest BCUT2D eigenvalue weighted by Gasteiger charge is -2.13. The van der Waals surface area contributed by atoms with Gasteiger partial charge >= 0.3 is 5.97 Å². The van der Waals surface area contributed by atoms with Crippen LogP contribution in [-0.4, -0.2) is 38.8 Å². The molecule has 7 heteroatoms. The maximum atomic E-state index is 12.1. The van der Waals surface area contributed by atoms with Gasteiger partial charge in [0.1, 0.15) is 5.75 Å². The molecular formula is C22H27NO6. The van der Waals surface area contributed by atoms with E-state index in [0.29, 0.717) is 41.7 Å². The lowest BCUT2D eigenvalue weighted by atomic mass is 10.1. The third kappa shape index (κ3) is 6.71. The van der Waals surface area contributed by atoms with Gasteiger partial charge in [-0.25, -0.2) is 0 Å². The second-order valence-corrected chi connectivity index (χ2v) is 6.24. The van der Waals surface area contributed by atoms with Gasteiger partial charge in [-0.15, -0.1) is 0 Å². The van der Waals surface area contributed by atoms with Crippen LogP contribution in [0.15, 0.2) is 36.4 Å². The molecular weight excluding hydrogens is 374 g/mol. The molecule has 0 radical (unpaired) electrons. The van der Waals surface area contributed by atoms with Gasteiger partial charge in [-0.3, -0.25) is 9.59 Å². The molecule has 1 N–H and O–H groups in total. The van der Waals surface area contributed by atoms with E-state index in [1.165, 1.54) is 7.11 Å². The fourth-order valence-corrected chi connectivity index (χ4v) is 2.68. The topological polar surface area (TPSA) is 83.1 Å². The van der Waals surface area contributed by atoms with Crippen molar-refractivity contribution >= 4 is 17.6 Å². The predicted molar refractivity (Wildman–Crippen MR) is 110 cm³/mol. The number of esters is 1. The number of carbonyl (C=O) groups is 2. The van der Waals surface area contributed by atoms with Crippen molar-refractivity contribution in [1.82, 2.24) is 0 Å². The first kappa shape index (κ1) is 22.1. The van der Waals surface area contributed by atoms with Crippen molar-refractivity contribution in [2.45, 2.75) is 27.2 Å². The van der Waals surface area contributed by atoms with Crippen molar-refractivity contribution in [3.05, 3.63) is 47.5 Å². The molecule has 7 nitrogen and oxygen atoms in total. The van der Waals surface area contributed by atoms with Gasteiger partial charge in [0.05, 0.1) is 32.4 Å². The molecule has 2 aromatic rings. The summed E-state index contributed by atoms with van der Waals surface area (Å²) in [5.74, 6) is 0.780. The van der Waals surface area contributed by atoms with Crippen LogP contribution < -0.4 is 19.5 Å². The van der Waals surface area contributed by atoms with Gasteiger partial charge in [0, 0.05) is 0 Å². The maximum absolute atomic E-state index is 12.1. The Morgan fingerprint density at radius 2 is 1.62 bits per heavy atom. The minimum absolute atomic E-state index is 0.0214. The van der Waals surface area contributed by atoms with E-state index in [4.69, 9.17) is 18.9 Å². The van der Waals surface area contributed by atoms with Gasteiger partial charge in [-0.2, -0.15) is 0 Å². The lowest BCUT2D eigenvalue weighted by Crippen LogP contribution is -2.22. The predicted octanol–water partition coefficient (Wildman–Crippen LogP) is 3.53. The highest BCUT2D eigenvalue weighted by Crippen LogP contribution is 2.29. The standard InChI is InChI=1S/C22H27NO6/c1-5-27-19-10-8-16(12-20(19)28-6-2)13-22(25)29-14-21(24)23-17-11-15(3)7-9-18(17)26-4/h7-12H,5-6,13-14H2,1-4H3,(H,23,24). The van der Waals surface area contributed by atoms with Gasteiger partial charge in [0.15, 0.2) is 18.1 Å². The zero-order valence-corrected chi connectivity index (χ0v) is 17.2. The highest BCUT2D eigenvalue weighted by atomic mass is 16.5. The molecule has 0 aliphatic carbocycles. The largest absolute Gasteiger partial charge is 0.495 e. The van der Waals surface area contributed by atoms with E-state index in [1.54, 1.807) is 30.3 Å². The van der Waals surface area contributed by atoms with Gasteiger partial charge in [0.2, 0.25) is 0 Å². The van der Waals surface area contributed by atoms with Gasteiger partial charge in [-0.05, 0) is 56.2 Å². The Bertz CT molecular complexity index is 849. The molecule has 0 atom stereocenters. The van der Waals surface area contributed by atoms with E-state index in [-0.39, 0.29) is 13.0 Å². The molecule has 0 spiro atoms. The summed E-state index contributed by atoms with van der Waals surface area (Å²) in [6, 6.07) is 10.7. The van der Waals surface area contributed by atoms with Crippen molar-refractivity contribution in [2.24, 2.45) is 0 Å². The average molecular weight is 401 g/mol. The Labute approximate surface area is 170 Å². The number of rotatable bonds is 10. The third-order valence-electron chi connectivity index (χ3n) is 3.95. The number of methoxy groups -OCH3 is 1. The Hall–Kier alpha value is -3.22. The monoisotopic (exact) mass is 401 g/mol. The van der Waals surface area contributed by atoms with E-state index >= 15 is 0 Å². The quantitative estimate of drug-likeness (QED) is 0.614. The molecule has 0 fully saturated rings. The summed E-state index contributed by atoms with van der Waals surface area (Å²) in [7, 11) is 1.52. The van der Waals surface area contributed by atoms with E-state index in [0.717, 1.165) is 5.56 Å². The highest BCUT2D eigenvalue weighted by Gasteiger charge is 2.13.